The summed E-state index contributed by atoms with van der Waals surface area (Å²) in [5, 5.41) is 22.6. The summed E-state index contributed by atoms with van der Waals surface area (Å²) in [6, 6.07) is 8.83. The van der Waals surface area contributed by atoms with E-state index in [-0.39, 0.29) is 28.6 Å². The highest BCUT2D eigenvalue weighted by molar-refractivity contribution is 6.31. The van der Waals surface area contributed by atoms with Crippen LogP contribution in [0.2, 0.25) is 5.02 Å². The first-order chi connectivity index (χ1) is 19.0. The van der Waals surface area contributed by atoms with Crippen LogP contribution >= 0.6 is 11.6 Å². The molecule has 2 aliphatic rings. The number of H-pyrrole nitrogens is 2. The second-order valence-electron chi connectivity index (χ2n) is 9.64. The van der Waals surface area contributed by atoms with E-state index >= 15 is 4.39 Å². The van der Waals surface area contributed by atoms with Crippen molar-refractivity contribution >= 4 is 39.8 Å². The van der Waals surface area contributed by atoms with Gasteiger partial charge in [-0.15, -0.1) is 5.10 Å². The molecule has 2 aromatic carbocycles. The maximum Gasteiger partial charge on any atom is 0.247 e. The number of aromatic amines is 2. The van der Waals surface area contributed by atoms with E-state index in [0.29, 0.717) is 17.7 Å². The van der Waals surface area contributed by atoms with E-state index in [4.69, 9.17) is 11.6 Å². The number of imidazole rings is 1. The number of carbonyl (C=O) groups excluding carboxylic acids is 1. The third-order valence-corrected chi connectivity index (χ3v) is 7.81. The number of aromatic nitrogens is 8. The minimum Gasteiger partial charge on any atom is -0.371 e. The number of benzene rings is 2. The van der Waals surface area contributed by atoms with Gasteiger partial charge in [-0.25, -0.2) is 9.37 Å². The molecular weight excluding hydrogens is 523 g/mol. The van der Waals surface area contributed by atoms with Gasteiger partial charge in [0.15, 0.2) is 11.6 Å². The molecule has 0 aliphatic carbocycles. The highest BCUT2D eigenvalue weighted by Crippen LogP contribution is 2.44. The lowest BCUT2D eigenvalue weighted by Gasteiger charge is -2.33. The van der Waals surface area contributed by atoms with Gasteiger partial charge in [-0.05, 0) is 59.5 Å². The number of nitrogens with one attached hydrogen (secondary N) is 3. The van der Waals surface area contributed by atoms with Crippen LogP contribution in [0, 0.1) is 5.82 Å². The predicted octanol–water partition coefficient (Wildman–Crippen LogP) is 4.28. The Labute approximate surface area is 226 Å². The van der Waals surface area contributed by atoms with Crippen LogP contribution in [0.1, 0.15) is 36.7 Å². The summed E-state index contributed by atoms with van der Waals surface area (Å²) in [4.78, 5) is 23.4. The number of hydrogen-bond acceptors (Lipinski definition) is 7. The Morgan fingerprint density at radius 1 is 1.21 bits per heavy atom. The number of anilines is 1. The molecule has 0 radical (unpaired) electrons. The number of fused-ring (bicyclic) bond motifs is 2. The molecule has 13 heteroatoms. The Morgan fingerprint density at radius 2 is 2.10 bits per heavy atom. The summed E-state index contributed by atoms with van der Waals surface area (Å²) >= 11 is 6.13. The van der Waals surface area contributed by atoms with Crippen molar-refractivity contribution in [3.63, 3.8) is 0 Å². The van der Waals surface area contributed by atoms with E-state index in [1.54, 1.807) is 12.3 Å². The number of tetrazole rings is 1. The first kappa shape index (κ1) is 23.5. The molecule has 196 valence electrons. The minimum atomic E-state index is -0.599. The first-order valence-corrected chi connectivity index (χ1v) is 12.9. The molecule has 5 aromatic rings. The fraction of sp³-hybridized carbons (Fsp3) is 0.231. The molecule has 0 spiro atoms. The zero-order valence-electron chi connectivity index (χ0n) is 20.7. The van der Waals surface area contributed by atoms with Crippen molar-refractivity contribution in [2.75, 3.05) is 12.4 Å². The van der Waals surface area contributed by atoms with E-state index < -0.39 is 5.82 Å². The normalized spacial score (nSPS) is 19.0. The van der Waals surface area contributed by atoms with Crippen LogP contribution in [0.4, 0.5) is 10.2 Å². The molecule has 0 unspecified atom stereocenters. The molecule has 2 aliphatic heterocycles. The third-order valence-electron chi connectivity index (χ3n) is 7.52. The molecule has 1 amide bonds. The molecule has 7 rings (SSSR count). The first-order valence-electron chi connectivity index (χ1n) is 12.5. The van der Waals surface area contributed by atoms with Crippen molar-refractivity contribution in [2.24, 2.45) is 0 Å². The molecule has 1 fully saturated rings. The molecule has 39 heavy (non-hydrogen) atoms. The van der Waals surface area contributed by atoms with Crippen molar-refractivity contribution in [1.29, 1.82) is 0 Å². The largest absolute Gasteiger partial charge is 0.371 e. The highest BCUT2D eigenvalue weighted by Gasteiger charge is 2.42. The van der Waals surface area contributed by atoms with Gasteiger partial charge in [-0.3, -0.25) is 9.89 Å². The standard InChI is InChI=1S/C26H22ClFN10O/c1-29-25-16-4-2-13(9-18(16)33-34-25)19-11-30-26(32-19)21-6-3-15-8-14(10-22(39)38(15)21)23-20(37-12-31-35-36-37)7-5-17(27)24(23)28/h2,4-5,7,9-12,15,21H,3,6,8H2,1H3,(H,30,32)(H2,29,33,34)/t15-,21-/m0/s1. The van der Waals surface area contributed by atoms with Crippen LogP contribution in [-0.4, -0.2) is 64.3 Å². The quantitative estimate of drug-likeness (QED) is 0.301. The second-order valence-corrected chi connectivity index (χ2v) is 10.0. The van der Waals surface area contributed by atoms with Gasteiger partial charge >= 0.3 is 0 Å². The Kier molecular flexibility index (Phi) is 5.44. The maximum absolute atomic E-state index is 15.3. The second kappa shape index (κ2) is 9.02. The summed E-state index contributed by atoms with van der Waals surface area (Å²) in [6.45, 7) is 0. The van der Waals surface area contributed by atoms with Crippen molar-refractivity contribution in [3.05, 3.63) is 71.2 Å². The number of hydrogen-bond donors (Lipinski definition) is 3. The number of nitrogens with zero attached hydrogens (tertiary/aromatic N) is 7. The van der Waals surface area contributed by atoms with Crippen LogP contribution in [0.5, 0.6) is 0 Å². The maximum atomic E-state index is 15.3. The number of amides is 1. The predicted molar refractivity (Wildman–Crippen MR) is 143 cm³/mol. The lowest BCUT2D eigenvalue weighted by molar-refractivity contribution is -0.129. The van der Waals surface area contributed by atoms with Gasteiger partial charge in [0.25, 0.3) is 0 Å². The Bertz CT molecular complexity index is 1760. The van der Waals surface area contributed by atoms with E-state index in [1.807, 2.05) is 30.1 Å². The minimum absolute atomic E-state index is 0.0273. The molecule has 11 nitrogen and oxygen atoms in total. The summed E-state index contributed by atoms with van der Waals surface area (Å²) in [6.07, 6.45) is 6.65. The van der Waals surface area contributed by atoms with E-state index in [1.165, 1.54) is 23.2 Å². The van der Waals surface area contributed by atoms with Crippen LogP contribution in [-0.2, 0) is 4.79 Å². The van der Waals surface area contributed by atoms with E-state index in [9.17, 15) is 4.79 Å². The lowest BCUT2D eigenvalue weighted by atomic mass is 9.92. The van der Waals surface area contributed by atoms with Crippen LogP contribution in [0.25, 0.3) is 33.4 Å². The number of rotatable bonds is 5. The highest BCUT2D eigenvalue weighted by atomic mass is 35.5. The average Bonchev–Trinajstić information content (AvgIpc) is 3.75. The topological polar surface area (TPSA) is 133 Å². The van der Waals surface area contributed by atoms with Crippen LogP contribution < -0.4 is 5.32 Å². The Hall–Kier alpha value is -4.58. The fourth-order valence-corrected chi connectivity index (χ4v) is 5.89. The van der Waals surface area contributed by atoms with Crippen LogP contribution in [0.3, 0.4) is 0 Å². The third kappa shape index (κ3) is 3.78. The van der Waals surface area contributed by atoms with Gasteiger partial charge in [-0.2, -0.15) is 9.78 Å². The Balaban J connectivity index is 1.19. The molecule has 1 saturated heterocycles. The van der Waals surface area contributed by atoms with Gasteiger partial charge in [0, 0.05) is 35.7 Å². The van der Waals surface area contributed by atoms with Gasteiger partial charge in [0.1, 0.15) is 12.2 Å². The van der Waals surface area contributed by atoms with Gasteiger partial charge in [0.05, 0.1) is 34.2 Å². The van der Waals surface area contributed by atoms with Crippen molar-refractivity contribution in [1.82, 2.24) is 45.3 Å². The smallest absolute Gasteiger partial charge is 0.247 e. The molecule has 2 atom stereocenters. The Morgan fingerprint density at radius 3 is 2.92 bits per heavy atom. The van der Waals surface area contributed by atoms with Crippen molar-refractivity contribution in [3.8, 4) is 16.9 Å². The van der Waals surface area contributed by atoms with Crippen LogP contribution in [0.15, 0.2) is 48.9 Å². The zero-order valence-corrected chi connectivity index (χ0v) is 21.4. The zero-order chi connectivity index (χ0) is 26.7. The summed E-state index contributed by atoms with van der Waals surface area (Å²) in [5.74, 6) is 0.722. The van der Waals surface area contributed by atoms with Gasteiger partial charge < -0.3 is 15.2 Å². The molecular formula is C26H22ClFN10O. The average molecular weight is 545 g/mol. The molecule has 0 bridgehead atoms. The van der Waals surface area contributed by atoms with Gasteiger partial charge in [0.2, 0.25) is 5.91 Å². The number of halogens is 2. The summed E-state index contributed by atoms with van der Waals surface area (Å²) < 4.78 is 16.7. The number of carbonyl (C=O) groups is 1. The van der Waals surface area contributed by atoms with Crippen molar-refractivity contribution < 1.29 is 9.18 Å². The molecule has 0 saturated carbocycles. The fourth-order valence-electron chi connectivity index (χ4n) is 5.73. The monoisotopic (exact) mass is 544 g/mol. The molecule has 3 aromatic heterocycles. The molecule has 3 N–H and O–H groups in total. The summed E-state index contributed by atoms with van der Waals surface area (Å²) in [5.41, 5.74) is 3.95. The van der Waals surface area contributed by atoms with Gasteiger partial charge in [-0.1, -0.05) is 17.7 Å². The molecule has 5 heterocycles. The van der Waals surface area contributed by atoms with E-state index in [2.05, 4.69) is 41.0 Å². The lowest BCUT2D eigenvalue weighted by Crippen LogP contribution is -2.39. The SMILES string of the molecule is CNc1n[nH]c2cc(-c3cnc([C@@H]4CC[C@H]5CC(c6c(-n7cnnn7)ccc(Cl)c6F)=CC(=O)N54)[nH]3)ccc12. The van der Waals surface area contributed by atoms with E-state index in [0.717, 1.165) is 46.6 Å². The summed E-state index contributed by atoms with van der Waals surface area (Å²) in [7, 11) is 1.83. The van der Waals surface area contributed by atoms with Crippen molar-refractivity contribution in [2.45, 2.75) is 31.3 Å².